The number of hydrogen-bond donors (Lipinski definition) is 1. The molecule has 2 aromatic carbocycles. The number of benzene rings is 2. The summed E-state index contributed by atoms with van der Waals surface area (Å²) >= 11 is 9.86. The van der Waals surface area contributed by atoms with Crippen LogP contribution in [0.5, 0.6) is 5.75 Å². The van der Waals surface area contributed by atoms with Crippen molar-refractivity contribution < 1.29 is 14.3 Å². The highest BCUT2D eigenvalue weighted by atomic mass is 79.9. The van der Waals surface area contributed by atoms with Crippen molar-refractivity contribution in [1.82, 2.24) is 10.2 Å². The summed E-state index contributed by atoms with van der Waals surface area (Å²) in [5.41, 5.74) is 1.95. The first kappa shape index (κ1) is 26.2. The van der Waals surface area contributed by atoms with Crippen LogP contribution in [-0.2, 0) is 22.6 Å². The third kappa shape index (κ3) is 7.52. The lowest BCUT2D eigenvalue weighted by Crippen LogP contribution is -2.50. The lowest BCUT2D eigenvalue weighted by molar-refractivity contribution is -0.143. The van der Waals surface area contributed by atoms with Crippen LogP contribution in [0.15, 0.2) is 46.9 Å². The fourth-order valence-electron chi connectivity index (χ4n) is 3.26. The summed E-state index contributed by atoms with van der Waals surface area (Å²) in [6.45, 7) is 8.64. The highest BCUT2D eigenvalue weighted by Gasteiger charge is 2.29. The molecule has 0 aliphatic carbocycles. The van der Waals surface area contributed by atoms with Gasteiger partial charge in [0.05, 0.1) is 4.47 Å². The molecule has 0 unspecified atom stereocenters. The average molecular weight is 524 g/mol. The highest BCUT2D eigenvalue weighted by molar-refractivity contribution is 9.10. The molecule has 0 saturated carbocycles. The molecule has 2 aromatic rings. The zero-order chi connectivity index (χ0) is 23.7. The van der Waals surface area contributed by atoms with E-state index in [0.717, 1.165) is 16.5 Å². The molecular weight excluding hydrogens is 492 g/mol. The number of hydrogen-bond acceptors (Lipinski definition) is 3. The number of nitrogens with zero attached hydrogens (tertiary/aromatic N) is 1. The number of carbonyl (C=O) groups excluding carboxylic acids is 2. The minimum Gasteiger partial charge on any atom is -0.483 e. The molecule has 0 bridgehead atoms. The van der Waals surface area contributed by atoms with Crippen LogP contribution in [0, 0.1) is 5.92 Å². The SMILES string of the molecule is CCc1ccc(OCC(=O)N(Cc2ccccc2Cl)[C@H](CC)C(=O)NCC(C)C)c(Br)c1. The lowest BCUT2D eigenvalue weighted by Gasteiger charge is -2.31. The average Bonchev–Trinajstić information content (AvgIpc) is 2.77. The van der Waals surface area contributed by atoms with E-state index in [4.69, 9.17) is 16.3 Å². The largest absolute Gasteiger partial charge is 0.483 e. The van der Waals surface area contributed by atoms with Crippen LogP contribution < -0.4 is 10.1 Å². The monoisotopic (exact) mass is 522 g/mol. The van der Waals surface area contributed by atoms with Gasteiger partial charge in [0.15, 0.2) is 6.61 Å². The topological polar surface area (TPSA) is 58.6 Å². The fraction of sp³-hybridized carbons (Fsp3) is 0.440. The second kappa shape index (κ2) is 12.9. The zero-order valence-corrected chi connectivity index (χ0v) is 21.5. The normalized spacial score (nSPS) is 11.8. The van der Waals surface area contributed by atoms with E-state index in [9.17, 15) is 9.59 Å². The molecule has 2 rings (SSSR count). The van der Waals surface area contributed by atoms with E-state index >= 15 is 0 Å². The molecule has 2 amide bonds. The number of amides is 2. The Balaban J connectivity index is 2.22. The van der Waals surface area contributed by atoms with E-state index in [1.165, 1.54) is 5.56 Å². The van der Waals surface area contributed by atoms with Crippen molar-refractivity contribution in [3.8, 4) is 5.75 Å². The predicted octanol–water partition coefficient (Wildman–Crippen LogP) is 5.62. The van der Waals surface area contributed by atoms with Gasteiger partial charge >= 0.3 is 0 Å². The van der Waals surface area contributed by atoms with Crippen molar-refractivity contribution in [3.63, 3.8) is 0 Å². The van der Waals surface area contributed by atoms with Crippen LogP contribution in [0.25, 0.3) is 0 Å². The van der Waals surface area contributed by atoms with Gasteiger partial charge in [-0.05, 0) is 64.0 Å². The van der Waals surface area contributed by atoms with Crippen molar-refractivity contribution in [3.05, 3.63) is 63.1 Å². The van der Waals surface area contributed by atoms with Gasteiger partial charge in [-0.3, -0.25) is 9.59 Å². The molecule has 5 nitrogen and oxygen atoms in total. The molecular formula is C25H32BrClN2O3. The van der Waals surface area contributed by atoms with Crippen LogP contribution >= 0.6 is 27.5 Å². The Labute approximate surface area is 204 Å². The Bertz CT molecular complexity index is 920. The summed E-state index contributed by atoms with van der Waals surface area (Å²) < 4.78 is 6.61. The molecule has 7 heteroatoms. The van der Waals surface area contributed by atoms with Crippen molar-refractivity contribution in [1.29, 1.82) is 0 Å². The van der Waals surface area contributed by atoms with Gasteiger partial charge in [-0.15, -0.1) is 0 Å². The smallest absolute Gasteiger partial charge is 0.261 e. The maximum Gasteiger partial charge on any atom is 0.261 e. The molecule has 0 aromatic heterocycles. The van der Waals surface area contributed by atoms with Crippen LogP contribution in [0.2, 0.25) is 5.02 Å². The summed E-state index contributed by atoms with van der Waals surface area (Å²) in [6.07, 6.45) is 1.39. The van der Waals surface area contributed by atoms with Crippen molar-refractivity contribution in [2.75, 3.05) is 13.2 Å². The molecule has 0 heterocycles. The number of nitrogens with one attached hydrogen (secondary N) is 1. The Kier molecular flexibility index (Phi) is 10.5. The van der Waals surface area contributed by atoms with Crippen molar-refractivity contribution in [2.45, 2.75) is 53.1 Å². The van der Waals surface area contributed by atoms with Crippen molar-refractivity contribution >= 4 is 39.3 Å². The minimum atomic E-state index is -0.618. The highest BCUT2D eigenvalue weighted by Crippen LogP contribution is 2.27. The van der Waals surface area contributed by atoms with Gasteiger partial charge in [0, 0.05) is 18.1 Å². The molecule has 32 heavy (non-hydrogen) atoms. The lowest BCUT2D eigenvalue weighted by atomic mass is 10.1. The van der Waals surface area contributed by atoms with E-state index in [1.54, 1.807) is 11.0 Å². The third-order valence-corrected chi connectivity index (χ3v) is 6.11. The van der Waals surface area contributed by atoms with Gasteiger partial charge in [-0.25, -0.2) is 0 Å². The van der Waals surface area contributed by atoms with Crippen LogP contribution in [-0.4, -0.2) is 35.9 Å². The Hall–Kier alpha value is -2.05. The summed E-state index contributed by atoms with van der Waals surface area (Å²) in [7, 11) is 0. The second-order valence-corrected chi connectivity index (χ2v) is 9.34. The number of rotatable bonds is 11. The number of ether oxygens (including phenoxy) is 1. The van der Waals surface area contributed by atoms with Crippen molar-refractivity contribution in [2.24, 2.45) is 5.92 Å². The van der Waals surface area contributed by atoms with E-state index < -0.39 is 6.04 Å². The van der Waals surface area contributed by atoms with E-state index in [0.29, 0.717) is 29.7 Å². The molecule has 0 radical (unpaired) electrons. The van der Waals surface area contributed by atoms with Crippen LogP contribution in [0.4, 0.5) is 0 Å². The first-order valence-electron chi connectivity index (χ1n) is 11.0. The molecule has 0 aliphatic rings. The zero-order valence-electron chi connectivity index (χ0n) is 19.2. The molecule has 1 atom stereocenters. The van der Waals surface area contributed by atoms with E-state index in [2.05, 4.69) is 28.2 Å². The Morgan fingerprint density at radius 3 is 2.47 bits per heavy atom. The van der Waals surface area contributed by atoms with Crippen LogP contribution in [0.3, 0.4) is 0 Å². The molecule has 1 N–H and O–H groups in total. The molecule has 0 spiro atoms. The van der Waals surface area contributed by atoms with Gasteiger partial charge in [-0.1, -0.05) is 63.6 Å². The van der Waals surface area contributed by atoms with Gasteiger partial charge in [0.25, 0.3) is 5.91 Å². The minimum absolute atomic E-state index is 0.171. The van der Waals surface area contributed by atoms with Gasteiger partial charge in [0.2, 0.25) is 5.91 Å². The summed E-state index contributed by atoms with van der Waals surface area (Å²) in [4.78, 5) is 27.7. The Morgan fingerprint density at radius 1 is 1.16 bits per heavy atom. The first-order chi connectivity index (χ1) is 15.3. The molecule has 0 saturated heterocycles. The van der Waals surface area contributed by atoms with Crippen LogP contribution in [0.1, 0.15) is 45.2 Å². The predicted molar refractivity (Wildman–Crippen MR) is 133 cm³/mol. The van der Waals surface area contributed by atoms with E-state index in [1.807, 2.05) is 57.2 Å². The maximum atomic E-state index is 13.3. The number of aryl methyl sites for hydroxylation is 1. The van der Waals surface area contributed by atoms with Gasteiger partial charge < -0.3 is 15.0 Å². The number of halogens is 2. The molecule has 0 fully saturated rings. The first-order valence-corrected chi connectivity index (χ1v) is 12.2. The Morgan fingerprint density at radius 2 is 1.88 bits per heavy atom. The standard InChI is InChI=1S/C25H32BrClN2O3/c1-5-18-11-12-23(20(26)13-18)32-16-24(30)29(15-19-9-7-8-10-21(19)27)22(6-2)25(31)28-14-17(3)4/h7-13,17,22H,5-6,14-16H2,1-4H3,(H,28,31)/t22-/m1/s1. The molecule has 0 aliphatic heterocycles. The van der Waals surface area contributed by atoms with Gasteiger partial charge in [-0.2, -0.15) is 0 Å². The fourth-order valence-corrected chi connectivity index (χ4v) is 3.99. The molecule has 174 valence electrons. The second-order valence-electron chi connectivity index (χ2n) is 8.08. The van der Waals surface area contributed by atoms with E-state index in [-0.39, 0.29) is 25.0 Å². The maximum absolute atomic E-state index is 13.3. The number of carbonyl (C=O) groups is 2. The van der Waals surface area contributed by atoms with Gasteiger partial charge in [0.1, 0.15) is 11.8 Å². The third-order valence-electron chi connectivity index (χ3n) is 5.12. The summed E-state index contributed by atoms with van der Waals surface area (Å²) in [6, 6.07) is 12.5. The summed E-state index contributed by atoms with van der Waals surface area (Å²) in [5, 5.41) is 3.51. The quantitative estimate of drug-likeness (QED) is 0.416. The summed E-state index contributed by atoms with van der Waals surface area (Å²) in [5.74, 6) is 0.458.